The van der Waals surface area contributed by atoms with Crippen molar-refractivity contribution in [1.82, 2.24) is 20.1 Å². The van der Waals surface area contributed by atoms with Gasteiger partial charge in [0.2, 0.25) is 11.1 Å². The molecule has 1 aromatic carbocycles. The Morgan fingerprint density at radius 3 is 3.04 bits per heavy atom. The second-order valence-corrected chi connectivity index (χ2v) is 7.46. The van der Waals surface area contributed by atoms with Crippen LogP contribution in [-0.4, -0.2) is 44.3 Å². The van der Waals surface area contributed by atoms with E-state index in [4.69, 9.17) is 0 Å². The Bertz CT molecular complexity index is 690. The van der Waals surface area contributed by atoms with Gasteiger partial charge in [-0.15, -0.1) is 5.10 Å². The number of hydrogen-bond donors (Lipinski definition) is 1. The van der Waals surface area contributed by atoms with E-state index < -0.39 is 0 Å². The van der Waals surface area contributed by atoms with Gasteiger partial charge in [0.25, 0.3) is 0 Å². The highest BCUT2D eigenvalue weighted by atomic mass is 79.9. The summed E-state index contributed by atoms with van der Waals surface area (Å²) in [4.78, 5) is 18.8. The van der Waals surface area contributed by atoms with Crippen molar-refractivity contribution in [3.8, 4) is 11.4 Å². The van der Waals surface area contributed by atoms with Crippen molar-refractivity contribution >= 4 is 33.6 Å². The number of aromatic amines is 1. The zero-order valence-corrected chi connectivity index (χ0v) is 15.4. The van der Waals surface area contributed by atoms with Gasteiger partial charge in [0.1, 0.15) is 0 Å². The molecule has 1 aliphatic heterocycles. The minimum atomic E-state index is 0.175. The average molecular weight is 395 g/mol. The van der Waals surface area contributed by atoms with Crippen molar-refractivity contribution in [3.05, 3.63) is 28.7 Å². The highest BCUT2D eigenvalue weighted by molar-refractivity contribution is 9.10. The van der Waals surface area contributed by atoms with Crippen LogP contribution in [0.4, 0.5) is 0 Å². The van der Waals surface area contributed by atoms with Crippen molar-refractivity contribution in [2.45, 2.75) is 37.4 Å². The molecule has 1 fully saturated rings. The summed E-state index contributed by atoms with van der Waals surface area (Å²) in [6.07, 6.45) is 3.42. The molecule has 0 aliphatic carbocycles. The Morgan fingerprint density at radius 1 is 1.43 bits per heavy atom. The second kappa shape index (κ2) is 7.49. The van der Waals surface area contributed by atoms with Gasteiger partial charge in [-0.3, -0.25) is 9.89 Å². The molecule has 1 aromatic heterocycles. The molecule has 0 spiro atoms. The summed E-state index contributed by atoms with van der Waals surface area (Å²) >= 11 is 4.89. The van der Waals surface area contributed by atoms with Gasteiger partial charge in [-0.2, -0.15) is 0 Å². The third-order valence-corrected chi connectivity index (χ3v) is 5.57. The Hall–Kier alpha value is -1.34. The number of likely N-dealkylation sites (tertiary alicyclic amines) is 1. The van der Waals surface area contributed by atoms with Gasteiger partial charge in [-0.25, -0.2) is 4.98 Å². The fourth-order valence-corrected chi connectivity index (χ4v) is 3.92. The van der Waals surface area contributed by atoms with Crippen LogP contribution in [0.3, 0.4) is 0 Å². The standard InChI is InChI=1S/C16H19BrN4OS/c1-11-6-4-5-9-21(11)14(22)10-23-16-18-15(19-20-16)12-7-2-3-8-13(12)17/h2-3,7-8,11H,4-6,9-10H2,1H3,(H,18,19,20)/t11-/m1/s1. The maximum Gasteiger partial charge on any atom is 0.233 e. The molecular formula is C16H19BrN4OS. The first kappa shape index (κ1) is 16.5. The Balaban J connectivity index is 1.61. The Kier molecular flexibility index (Phi) is 5.38. The number of nitrogens with one attached hydrogen (secondary N) is 1. The number of benzene rings is 1. The van der Waals surface area contributed by atoms with E-state index in [-0.39, 0.29) is 5.91 Å². The molecule has 1 N–H and O–H groups in total. The number of thioether (sulfide) groups is 1. The molecule has 1 saturated heterocycles. The van der Waals surface area contributed by atoms with E-state index in [2.05, 4.69) is 38.0 Å². The molecule has 0 saturated carbocycles. The molecule has 7 heteroatoms. The molecular weight excluding hydrogens is 376 g/mol. The number of carbonyl (C=O) groups is 1. The molecule has 0 unspecified atom stereocenters. The van der Waals surface area contributed by atoms with Crippen LogP contribution in [0.1, 0.15) is 26.2 Å². The van der Waals surface area contributed by atoms with Crippen molar-refractivity contribution < 1.29 is 4.79 Å². The summed E-state index contributed by atoms with van der Waals surface area (Å²) < 4.78 is 0.964. The maximum absolute atomic E-state index is 12.3. The molecule has 3 rings (SSSR count). The van der Waals surface area contributed by atoms with E-state index >= 15 is 0 Å². The van der Waals surface area contributed by atoms with Crippen LogP contribution in [0.5, 0.6) is 0 Å². The first-order valence-electron chi connectivity index (χ1n) is 7.74. The molecule has 1 aliphatic rings. The predicted octanol–water partition coefficient (Wildman–Crippen LogP) is 3.73. The lowest BCUT2D eigenvalue weighted by atomic mass is 10.0. The lowest BCUT2D eigenvalue weighted by Crippen LogP contribution is -2.42. The van der Waals surface area contributed by atoms with Crippen LogP contribution in [0.2, 0.25) is 0 Å². The molecule has 5 nitrogen and oxygen atoms in total. The van der Waals surface area contributed by atoms with Crippen LogP contribution >= 0.6 is 27.7 Å². The third kappa shape index (κ3) is 3.95. The van der Waals surface area contributed by atoms with Gasteiger partial charge in [-0.05, 0) is 32.3 Å². The Morgan fingerprint density at radius 2 is 2.26 bits per heavy atom. The SMILES string of the molecule is C[C@@H]1CCCCN1C(=O)CSc1n[nH]c(-c2ccccc2Br)n1. The van der Waals surface area contributed by atoms with E-state index in [0.717, 1.165) is 29.4 Å². The van der Waals surface area contributed by atoms with Crippen LogP contribution in [0.15, 0.2) is 33.9 Å². The van der Waals surface area contributed by atoms with Gasteiger partial charge in [-0.1, -0.05) is 45.9 Å². The van der Waals surface area contributed by atoms with Gasteiger partial charge in [0.05, 0.1) is 5.75 Å². The van der Waals surface area contributed by atoms with Crippen molar-refractivity contribution in [2.24, 2.45) is 0 Å². The van der Waals surface area contributed by atoms with E-state index in [9.17, 15) is 4.79 Å². The number of hydrogen-bond acceptors (Lipinski definition) is 4. The van der Waals surface area contributed by atoms with E-state index in [1.807, 2.05) is 29.2 Å². The third-order valence-electron chi connectivity index (χ3n) is 4.04. The van der Waals surface area contributed by atoms with Gasteiger partial charge < -0.3 is 4.90 Å². The largest absolute Gasteiger partial charge is 0.339 e. The first-order chi connectivity index (χ1) is 11.1. The number of carbonyl (C=O) groups excluding carboxylic acids is 1. The number of rotatable bonds is 4. The smallest absolute Gasteiger partial charge is 0.233 e. The van der Waals surface area contributed by atoms with Crippen LogP contribution in [0.25, 0.3) is 11.4 Å². The summed E-state index contributed by atoms with van der Waals surface area (Å²) in [7, 11) is 0. The summed E-state index contributed by atoms with van der Waals surface area (Å²) in [6.45, 7) is 3.00. The zero-order valence-electron chi connectivity index (χ0n) is 13.0. The maximum atomic E-state index is 12.3. The van der Waals surface area contributed by atoms with Gasteiger partial charge in [0, 0.05) is 22.6 Å². The number of halogens is 1. The fraction of sp³-hybridized carbons (Fsp3) is 0.438. The molecule has 2 aromatic rings. The molecule has 23 heavy (non-hydrogen) atoms. The number of amides is 1. The van der Waals surface area contributed by atoms with E-state index in [1.54, 1.807) is 0 Å². The van der Waals surface area contributed by atoms with Crippen molar-refractivity contribution in [2.75, 3.05) is 12.3 Å². The molecule has 1 amide bonds. The molecule has 0 radical (unpaired) electrons. The van der Waals surface area contributed by atoms with E-state index in [0.29, 0.717) is 22.8 Å². The lowest BCUT2D eigenvalue weighted by Gasteiger charge is -2.33. The predicted molar refractivity (Wildman–Crippen MR) is 95.3 cm³/mol. The minimum Gasteiger partial charge on any atom is -0.339 e. The highest BCUT2D eigenvalue weighted by Crippen LogP contribution is 2.26. The number of H-pyrrole nitrogens is 1. The average Bonchev–Trinajstić information content (AvgIpc) is 3.02. The fourth-order valence-electron chi connectivity index (χ4n) is 2.76. The number of piperidine rings is 1. The zero-order chi connectivity index (χ0) is 16.2. The molecule has 122 valence electrons. The topological polar surface area (TPSA) is 61.9 Å². The van der Waals surface area contributed by atoms with Crippen LogP contribution in [0, 0.1) is 0 Å². The highest BCUT2D eigenvalue weighted by Gasteiger charge is 2.23. The first-order valence-corrected chi connectivity index (χ1v) is 9.52. The summed E-state index contributed by atoms with van der Waals surface area (Å²) in [6, 6.07) is 8.19. The summed E-state index contributed by atoms with van der Waals surface area (Å²) in [5.74, 6) is 1.27. The lowest BCUT2D eigenvalue weighted by molar-refractivity contribution is -0.131. The minimum absolute atomic E-state index is 0.175. The van der Waals surface area contributed by atoms with Crippen LogP contribution in [-0.2, 0) is 4.79 Å². The number of nitrogens with zero attached hydrogens (tertiary/aromatic N) is 3. The van der Waals surface area contributed by atoms with Crippen molar-refractivity contribution in [3.63, 3.8) is 0 Å². The molecule has 0 bridgehead atoms. The summed E-state index contributed by atoms with van der Waals surface area (Å²) in [5.41, 5.74) is 0.961. The monoisotopic (exact) mass is 394 g/mol. The van der Waals surface area contributed by atoms with Crippen LogP contribution < -0.4 is 0 Å². The second-order valence-electron chi connectivity index (χ2n) is 5.67. The van der Waals surface area contributed by atoms with E-state index in [1.165, 1.54) is 18.2 Å². The Labute approximate surface area is 148 Å². The molecule has 2 heterocycles. The van der Waals surface area contributed by atoms with Crippen molar-refractivity contribution in [1.29, 1.82) is 0 Å². The molecule has 1 atom stereocenters. The summed E-state index contributed by atoms with van der Waals surface area (Å²) in [5, 5.41) is 7.75. The quantitative estimate of drug-likeness (QED) is 0.802. The van der Waals surface area contributed by atoms with Gasteiger partial charge >= 0.3 is 0 Å². The normalized spacial score (nSPS) is 18.2. The number of aromatic nitrogens is 3. The van der Waals surface area contributed by atoms with Gasteiger partial charge in [0.15, 0.2) is 5.82 Å².